The maximum Gasteiger partial charge on any atom is 0.143 e. The summed E-state index contributed by atoms with van der Waals surface area (Å²) in [6, 6.07) is 2.39. The van der Waals surface area contributed by atoms with E-state index in [-0.39, 0.29) is 0 Å². The van der Waals surface area contributed by atoms with Crippen LogP contribution in [0.4, 0.5) is 5.82 Å². The molecule has 0 unspecified atom stereocenters. The first-order chi connectivity index (χ1) is 7.07. The van der Waals surface area contributed by atoms with Crippen molar-refractivity contribution >= 4 is 33.3 Å². The monoisotopic (exact) mass is 290 g/mol. The van der Waals surface area contributed by atoms with Crippen LogP contribution in [0.1, 0.15) is 19.4 Å². The van der Waals surface area contributed by atoms with Gasteiger partial charge in [-0.05, 0) is 48.3 Å². The maximum atomic E-state index is 5.80. The fourth-order valence-corrected chi connectivity index (χ4v) is 2.07. The predicted molar refractivity (Wildman–Crippen MR) is 69.9 cm³/mol. The van der Waals surface area contributed by atoms with E-state index in [1.165, 1.54) is 5.56 Å². The van der Waals surface area contributed by atoms with Crippen molar-refractivity contribution in [1.82, 2.24) is 4.98 Å². The lowest BCUT2D eigenvalue weighted by Gasteiger charge is -2.28. The van der Waals surface area contributed by atoms with E-state index in [0.29, 0.717) is 11.9 Å². The first-order valence-electron chi connectivity index (χ1n) is 5.01. The lowest BCUT2D eigenvalue weighted by Crippen LogP contribution is -2.33. The number of alkyl halides is 1. The summed E-state index contributed by atoms with van der Waals surface area (Å²) < 4.78 is 1.06. The SMILES string of the molecule is Cc1ccnc(N(CCCl)C(C)C)c1Br. The molecule has 0 radical (unpaired) electrons. The Morgan fingerprint density at radius 3 is 2.73 bits per heavy atom. The van der Waals surface area contributed by atoms with Crippen LogP contribution in [0.3, 0.4) is 0 Å². The van der Waals surface area contributed by atoms with Crippen LogP contribution in [-0.4, -0.2) is 23.5 Å². The summed E-state index contributed by atoms with van der Waals surface area (Å²) in [7, 11) is 0. The van der Waals surface area contributed by atoms with Gasteiger partial charge in [-0.2, -0.15) is 0 Å². The van der Waals surface area contributed by atoms with Gasteiger partial charge in [-0.1, -0.05) is 0 Å². The third-order valence-electron chi connectivity index (χ3n) is 2.28. The fourth-order valence-electron chi connectivity index (χ4n) is 1.43. The highest BCUT2D eigenvalue weighted by Gasteiger charge is 2.15. The summed E-state index contributed by atoms with van der Waals surface area (Å²) in [6.07, 6.45) is 1.83. The van der Waals surface area contributed by atoms with E-state index < -0.39 is 0 Å². The van der Waals surface area contributed by atoms with Gasteiger partial charge in [0, 0.05) is 24.7 Å². The Morgan fingerprint density at radius 2 is 2.20 bits per heavy atom. The van der Waals surface area contributed by atoms with E-state index in [9.17, 15) is 0 Å². The minimum absolute atomic E-state index is 0.398. The Bertz CT molecular complexity index is 328. The van der Waals surface area contributed by atoms with Gasteiger partial charge < -0.3 is 4.90 Å². The summed E-state index contributed by atoms with van der Waals surface area (Å²) in [6.45, 7) is 7.16. The van der Waals surface area contributed by atoms with Crippen LogP contribution in [-0.2, 0) is 0 Å². The molecule has 1 aromatic rings. The molecule has 84 valence electrons. The smallest absolute Gasteiger partial charge is 0.143 e. The van der Waals surface area contributed by atoms with Crippen LogP contribution in [0, 0.1) is 6.92 Å². The molecule has 0 bridgehead atoms. The molecule has 0 aliphatic carbocycles. The van der Waals surface area contributed by atoms with Crippen LogP contribution >= 0.6 is 27.5 Å². The van der Waals surface area contributed by atoms with E-state index in [1.54, 1.807) is 0 Å². The minimum atomic E-state index is 0.398. The summed E-state index contributed by atoms with van der Waals surface area (Å²) in [4.78, 5) is 6.60. The molecular weight excluding hydrogens is 275 g/mol. The van der Waals surface area contributed by atoms with Crippen molar-refractivity contribution in [3.05, 3.63) is 22.3 Å². The van der Waals surface area contributed by atoms with E-state index in [2.05, 4.69) is 46.6 Å². The molecule has 4 heteroatoms. The number of pyridine rings is 1. The molecule has 0 aliphatic heterocycles. The second kappa shape index (κ2) is 5.71. The molecule has 0 saturated carbocycles. The lowest BCUT2D eigenvalue weighted by atomic mass is 10.2. The number of nitrogens with zero attached hydrogens (tertiary/aromatic N) is 2. The third-order valence-corrected chi connectivity index (χ3v) is 3.43. The van der Waals surface area contributed by atoms with Crippen molar-refractivity contribution in [2.45, 2.75) is 26.8 Å². The van der Waals surface area contributed by atoms with Gasteiger partial charge in [0.05, 0.1) is 4.47 Å². The third kappa shape index (κ3) is 3.08. The Morgan fingerprint density at radius 1 is 1.53 bits per heavy atom. The molecule has 1 aromatic heterocycles. The molecule has 0 spiro atoms. The summed E-state index contributed by atoms with van der Waals surface area (Å²) in [5.41, 5.74) is 1.19. The number of aryl methyl sites for hydroxylation is 1. The van der Waals surface area contributed by atoms with Crippen LogP contribution in [0.15, 0.2) is 16.7 Å². The number of hydrogen-bond donors (Lipinski definition) is 0. The minimum Gasteiger partial charge on any atom is -0.352 e. The Hall–Kier alpha value is -0.280. The number of aromatic nitrogens is 1. The van der Waals surface area contributed by atoms with Crippen molar-refractivity contribution in [2.75, 3.05) is 17.3 Å². The topological polar surface area (TPSA) is 16.1 Å². The van der Waals surface area contributed by atoms with E-state index in [0.717, 1.165) is 16.8 Å². The van der Waals surface area contributed by atoms with Crippen LogP contribution in [0.2, 0.25) is 0 Å². The first-order valence-corrected chi connectivity index (χ1v) is 6.34. The van der Waals surface area contributed by atoms with Crippen LogP contribution in [0.25, 0.3) is 0 Å². The summed E-state index contributed by atoms with van der Waals surface area (Å²) in [5.74, 6) is 1.59. The molecule has 0 fully saturated rings. The summed E-state index contributed by atoms with van der Waals surface area (Å²) >= 11 is 9.37. The largest absolute Gasteiger partial charge is 0.352 e. The molecule has 2 nitrogen and oxygen atoms in total. The summed E-state index contributed by atoms with van der Waals surface area (Å²) in [5, 5.41) is 0. The van der Waals surface area contributed by atoms with Crippen LogP contribution in [0.5, 0.6) is 0 Å². The standard InChI is InChI=1S/C11H16BrClN2/c1-8(2)15(7-5-13)11-10(12)9(3)4-6-14-11/h4,6,8H,5,7H2,1-3H3. The molecule has 0 atom stereocenters. The molecule has 0 saturated heterocycles. The van der Waals surface area contributed by atoms with Crippen molar-refractivity contribution in [2.24, 2.45) is 0 Å². The van der Waals surface area contributed by atoms with Crippen molar-refractivity contribution in [3.63, 3.8) is 0 Å². The number of hydrogen-bond acceptors (Lipinski definition) is 2. The van der Waals surface area contributed by atoms with Gasteiger partial charge in [0.2, 0.25) is 0 Å². The average molecular weight is 292 g/mol. The van der Waals surface area contributed by atoms with Gasteiger partial charge >= 0.3 is 0 Å². The number of halogens is 2. The van der Waals surface area contributed by atoms with Gasteiger partial charge in [-0.3, -0.25) is 0 Å². The first kappa shape index (κ1) is 12.8. The number of anilines is 1. The zero-order valence-corrected chi connectivity index (χ0v) is 11.6. The van der Waals surface area contributed by atoms with Crippen LogP contribution < -0.4 is 4.90 Å². The average Bonchev–Trinajstić information content (AvgIpc) is 2.19. The fraction of sp³-hybridized carbons (Fsp3) is 0.545. The van der Waals surface area contributed by atoms with Crippen molar-refractivity contribution in [1.29, 1.82) is 0 Å². The lowest BCUT2D eigenvalue weighted by molar-refractivity contribution is 0.693. The van der Waals surface area contributed by atoms with E-state index in [4.69, 9.17) is 11.6 Å². The highest BCUT2D eigenvalue weighted by Crippen LogP contribution is 2.27. The predicted octanol–water partition coefficient (Wildman–Crippen LogP) is 3.61. The molecular formula is C11H16BrClN2. The van der Waals surface area contributed by atoms with Gasteiger partial charge in [-0.25, -0.2) is 4.98 Å². The molecule has 0 aromatic carbocycles. The van der Waals surface area contributed by atoms with Crippen molar-refractivity contribution in [3.8, 4) is 0 Å². The highest BCUT2D eigenvalue weighted by molar-refractivity contribution is 9.10. The number of rotatable bonds is 4. The zero-order chi connectivity index (χ0) is 11.4. The van der Waals surface area contributed by atoms with Crippen molar-refractivity contribution < 1.29 is 0 Å². The van der Waals surface area contributed by atoms with Gasteiger partial charge in [-0.15, -0.1) is 11.6 Å². The maximum absolute atomic E-state index is 5.80. The Labute approximate surface area is 105 Å². The van der Waals surface area contributed by atoms with E-state index >= 15 is 0 Å². The van der Waals surface area contributed by atoms with Gasteiger partial charge in [0.25, 0.3) is 0 Å². The highest BCUT2D eigenvalue weighted by atomic mass is 79.9. The molecule has 1 rings (SSSR count). The molecule has 0 N–H and O–H groups in total. The molecule has 15 heavy (non-hydrogen) atoms. The van der Waals surface area contributed by atoms with Gasteiger partial charge in [0.1, 0.15) is 5.82 Å². The molecule has 1 heterocycles. The Kier molecular flexibility index (Phi) is 4.87. The Balaban J connectivity index is 3.05. The van der Waals surface area contributed by atoms with E-state index in [1.807, 2.05) is 12.3 Å². The quantitative estimate of drug-likeness (QED) is 0.788. The second-order valence-corrected chi connectivity index (χ2v) is 4.91. The molecule has 0 amide bonds. The molecule has 0 aliphatic rings. The normalized spacial score (nSPS) is 10.8. The second-order valence-electron chi connectivity index (χ2n) is 3.74. The zero-order valence-electron chi connectivity index (χ0n) is 9.30. The van der Waals surface area contributed by atoms with Gasteiger partial charge in [0.15, 0.2) is 0 Å².